The molecular formula is C21H21N3O5S2. The van der Waals surface area contributed by atoms with Crippen LogP contribution >= 0.6 is 0 Å². The number of pyridine rings is 1. The summed E-state index contributed by atoms with van der Waals surface area (Å²) in [7, 11) is -6.95. The fraction of sp³-hybridized carbons (Fsp3) is 0.0952. The monoisotopic (exact) mass is 459 g/mol. The quantitative estimate of drug-likeness (QED) is 0.553. The first kappa shape index (κ1) is 22.5. The Bertz CT molecular complexity index is 1270. The SMILES string of the molecule is COc1ccc(S(=O)(=O)N(CS(N)(=O)=O)c2ccccc2/C=C/c2ccncc2)cc1. The van der Waals surface area contributed by atoms with Gasteiger partial charge in [0.15, 0.2) is 0 Å². The van der Waals surface area contributed by atoms with Crippen molar-refractivity contribution in [3.8, 4) is 5.75 Å². The molecule has 1 aromatic heterocycles. The normalized spacial score (nSPS) is 12.1. The molecule has 31 heavy (non-hydrogen) atoms. The summed E-state index contributed by atoms with van der Waals surface area (Å²) in [6.45, 7) is 0. The Balaban J connectivity index is 2.10. The molecule has 2 aromatic carbocycles. The van der Waals surface area contributed by atoms with Crippen LogP contribution in [0.5, 0.6) is 5.75 Å². The van der Waals surface area contributed by atoms with Crippen LogP contribution in [-0.2, 0) is 20.0 Å². The summed E-state index contributed by atoms with van der Waals surface area (Å²) >= 11 is 0. The van der Waals surface area contributed by atoms with Gasteiger partial charge in [-0.25, -0.2) is 26.3 Å². The molecule has 2 N–H and O–H groups in total. The molecule has 0 aliphatic rings. The molecule has 0 amide bonds. The molecule has 0 spiro atoms. The summed E-state index contributed by atoms with van der Waals surface area (Å²) in [5.41, 5.74) is 1.53. The molecule has 0 bridgehead atoms. The second-order valence-electron chi connectivity index (χ2n) is 6.49. The molecule has 0 aliphatic carbocycles. The summed E-state index contributed by atoms with van der Waals surface area (Å²) in [6, 6.07) is 15.8. The molecule has 0 aliphatic heterocycles. The number of aromatic nitrogens is 1. The largest absolute Gasteiger partial charge is 0.497 e. The number of methoxy groups -OCH3 is 1. The number of primary sulfonamides is 1. The zero-order valence-corrected chi connectivity index (χ0v) is 18.3. The Kier molecular flexibility index (Phi) is 6.74. The fourth-order valence-corrected chi connectivity index (χ4v) is 5.44. The van der Waals surface area contributed by atoms with Crippen molar-refractivity contribution in [2.45, 2.75) is 4.90 Å². The van der Waals surface area contributed by atoms with E-state index >= 15 is 0 Å². The van der Waals surface area contributed by atoms with Crippen molar-refractivity contribution in [3.63, 3.8) is 0 Å². The Hall–Kier alpha value is -3.21. The molecule has 1 heterocycles. The van der Waals surface area contributed by atoms with E-state index in [0.717, 1.165) is 9.87 Å². The third-order valence-electron chi connectivity index (χ3n) is 4.31. The van der Waals surface area contributed by atoms with Gasteiger partial charge in [0.2, 0.25) is 10.0 Å². The number of sulfonamides is 2. The first-order valence-electron chi connectivity index (χ1n) is 9.05. The van der Waals surface area contributed by atoms with Crippen molar-refractivity contribution in [1.29, 1.82) is 0 Å². The summed E-state index contributed by atoms with van der Waals surface area (Å²) < 4.78 is 56.4. The third kappa shape index (κ3) is 5.69. The van der Waals surface area contributed by atoms with E-state index in [0.29, 0.717) is 11.3 Å². The molecule has 10 heteroatoms. The van der Waals surface area contributed by atoms with Gasteiger partial charge in [-0.1, -0.05) is 30.4 Å². The lowest BCUT2D eigenvalue weighted by atomic mass is 10.1. The number of hydrogen-bond acceptors (Lipinski definition) is 6. The van der Waals surface area contributed by atoms with Crippen LogP contribution in [-0.4, -0.2) is 34.8 Å². The highest BCUT2D eigenvalue weighted by Gasteiger charge is 2.29. The second-order valence-corrected chi connectivity index (χ2v) is 9.94. The van der Waals surface area contributed by atoms with Gasteiger partial charge < -0.3 is 4.74 Å². The number of hydrogen-bond donors (Lipinski definition) is 1. The van der Waals surface area contributed by atoms with Crippen LogP contribution in [0.15, 0.2) is 78.0 Å². The van der Waals surface area contributed by atoms with Gasteiger partial charge in [-0.2, -0.15) is 0 Å². The van der Waals surface area contributed by atoms with Crippen molar-refractivity contribution in [2.75, 3.05) is 17.3 Å². The number of nitrogens with zero attached hydrogens (tertiary/aromatic N) is 2. The maximum absolute atomic E-state index is 13.4. The minimum Gasteiger partial charge on any atom is -0.497 e. The fourth-order valence-electron chi connectivity index (χ4n) is 2.82. The van der Waals surface area contributed by atoms with Crippen LogP contribution in [0.25, 0.3) is 12.2 Å². The first-order chi connectivity index (χ1) is 14.7. The van der Waals surface area contributed by atoms with E-state index < -0.39 is 25.9 Å². The zero-order chi connectivity index (χ0) is 22.5. The number of benzene rings is 2. The van der Waals surface area contributed by atoms with Crippen molar-refractivity contribution < 1.29 is 21.6 Å². The number of nitrogens with two attached hydrogens (primary N) is 1. The summed E-state index contributed by atoms with van der Waals surface area (Å²) in [4.78, 5) is 3.86. The van der Waals surface area contributed by atoms with Gasteiger partial charge in [0.05, 0.1) is 17.7 Å². The van der Waals surface area contributed by atoms with Crippen LogP contribution < -0.4 is 14.2 Å². The van der Waals surface area contributed by atoms with E-state index in [-0.39, 0.29) is 10.6 Å². The lowest BCUT2D eigenvalue weighted by molar-refractivity contribution is 0.414. The average Bonchev–Trinajstić information content (AvgIpc) is 2.76. The van der Waals surface area contributed by atoms with E-state index in [1.54, 1.807) is 54.9 Å². The van der Waals surface area contributed by atoms with E-state index in [4.69, 9.17) is 9.88 Å². The molecule has 3 aromatic rings. The molecule has 162 valence electrons. The van der Waals surface area contributed by atoms with Crippen molar-refractivity contribution in [2.24, 2.45) is 5.14 Å². The van der Waals surface area contributed by atoms with Gasteiger partial charge in [0.1, 0.15) is 11.6 Å². The minimum atomic E-state index is -4.24. The summed E-state index contributed by atoms with van der Waals surface area (Å²) in [5, 5.41) is 5.23. The predicted molar refractivity (Wildman–Crippen MR) is 120 cm³/mol. The number of ether oxygens (including phenoxy) is 1. The van der Waals surface area contributed by atoms with E-state index in [1.807, 2.05) is 0 Å². The topological polar surface area (TPSA) is 120 Å². The van der Waals surface area contributed by atoms with E-state index in [1.165, 1.54) is 37.4 Å². The molecule has 0 unspecified atom stereocenters. The van der Waals surface area contributed by atoms with Crippen LogP contribution in [0.2, 0.25) is 0 Å². The number of rotatable bonds is 8. The molecule has 0 radical (unpaired) electrons. The Morgan fingerprint density at radius 2 is 1.58 bits per heavy atom. The summed E-state index contributed by atoms with van der Waals surface area (Å²) in [5.74, 6) is -0.445. The van der Waals surface area contributed by atoms with Crippen LogP contribution in [0.1, 0.15) is 11.1 Å². The minimum absolute atomic E-state index is 0.0927. The Labute approximate surface area is 181 Å². The van der Waals surface area contributed by atoms with Gasteiger partial charge in [0, 0.05) is 12.4 Å². The number of para-hydroxylation sites is 1. The standard InChI is InChI=1S/C21H21N3O5S2/c1-29-19-8-10-20(11-9-19)31(27,28)24(16-30(22,25)26)21-5-3-2-4-18(21)7-6-17-12-14-23-15-13-17/h2-15H,16H2,1H3,(H2,22,25,26)/b7-6+. The van der Waals surface area contributed by atoms with Crippen LogP contribution in [0, 0.1) is 0 Å². The van der Waals surface area contributed by atoms with Gasteiger partial charge in [-0.3, -0.25) is 4.98 Å². The highest BCUT2D eigenvalue weighted by atomic mass is 32.2. The maximum Gasteiger partial charge on any atom is 0.265 e. The number of anilines is 1. The summed E-state index contributed by atoms with van der Waals surface area (Å²) in [6.07, 6.45) is 6.74. The van der Waals surface area contributed by atoms with Gasteiger partial charge in [0.25, 0.3) is 10.0 Å². The van der Waals surface area contributed by atoms with Crippen molar-refractivity contribution in [3.05, 3.63) is 84.2 Å². The van der Waals surface area contributed by atoms with Crippen LogP contribution in [0.3, 0.4) is 0 Å². The second kappa shape index (κ2) is 9.29. The van der Waals surface area contributed by atoms with Crippen molar-refractivity contribution >= 4 is 37.9 Å². The highest BCUT2D eigenvalue weighted by molar-refractivity contribution is 7.95. The average molecular weight is 460 g/mol. The first-order valence-corrected chi connectivity index (χ1v) is 12.2. The van der Waals surface area contributed by atoms with Gasteiger partial charge in [-0.15, -0.1) is 0 Å². The van der Waals surface area contributed by atoms with Crippen LogP contribution in [0.4, 0.5) is 5.69 Å². The molecule has 0 atom stereocenters. The maximum atomic E-state index is 13.4. The lowest BCUT2D eigenvalue weighted by Gasteiger charge is -2.25. The smallest absolute Gasteiger partial charge is 0.265 e. The molecular weight excluding hydrogens is 438 g/mol. The Morgan fingerprint density at radius 3 is 2.19 bits per heavy atom. The zero-order valence-electron chi connectivity index (χ0n) is 16.6. The molecule has 0 fully saturated rings. The van der Waals surface area contributed by atoms with Gasteiger partial charge >= 0.3 is 0 Å². The Morgan fingerprint density at radius 1 is 0.935 bits per heavy atom. The van der Waals surface area contributed by atoms with Crippen molar-refractivity contribution in [1.82, 2.24) is 4.98 Å². The van der Waals surface area contributed by atoms with E-state index in [9.17, 15) is 16.8 Å². The molecule has 8 nitrogen and oxygen atoms in total. The van der Waals surface area contributed by atoms with Gasteiger partial charge in [-0.05, 0) is 53.6 Å². The molecule has 0 saturated carbocycles. The predicted octanol–water partition coefficient (Wildman–Crippen LogP) is 2.70. The molecule has 3 rings (SSSR count). The third-order valence-corrected chi connectivity index (χ3v) is 6.87. The van der Waals surface area contributed by atoms with E-state index in [2.05, 4.69) is 4.98 Å². The molecule has 0 saturated heterocycles. The lowest BCUT2D eigenvalue weighted by Crippen LogP contribution is -2.38. The highest BCUT2D eigenvalue weighted by Crippen LogP contribution is 2.29.